The van der Waals surface area contributed by atoms with Crippen molar-refractivity contribution in [3.63, 3.8) is 0 Å². The van der Waals surface area contributed by atoms with E-state index in [0.717, 1.165) is 12.3 Å². The molecule has 1 heterocycles. The number of halogens is 6. The number of hydrogen-bond donors (Lipinski definition) is 2. The van der Waals surface area contributed by atoms with Crippen LogP contribution in [0.2, 0.25) is 5.02 Å². The maximum atomic E-state index is 13.1. The van der Waals surface area contributed by atoms with Crippen molar-refractivity contribution in [1.29, 1.82) is 0 Å². The fourth-order valence-electron chi connectivity index (χ4n) is 1.49. The fraction of sp³-hybridized carbons (Fsp3) is 0.0714. The molecule has 1 aromatic carbocycles. The third kappa shape index (κ3) is 5.40. The molecule has 0 fully saturated rings. The molecule has 0 radical (unpaired) electrons. The van der Waals surface area contributed by atoms with Gasteiger partial charge in [-0.1, -0.05) is 11.6 Å². The Morgan fingerprint density at radius 2 is 2.08 bits per heavy atom. The monoisotopic (exact) mass is 437 g/mol. The van der Waals surface area contributed by atoms with Crippen LogP contribution in [0.4, 0.5) is 35.0 Å². The largest absolute Gasteiger partial charge is 0.430 e. The van der Waals surface area contributed by atoms with Crippen molar-refractivity contribution in [2.24, 2.45) is 10.7 Å². The second-order valence-electron chi connectivity index (χ2n) is 4.52. The van der Waals surface area contributed by atoms with E-state index in [9.17, 15) is 17.6 Å². The molecule has 25 heavy (non-hydrogen) atoms. The van der Waals surface area contributed by atoms with Crippen LogP contribution in [0.25, 0.3) is 0 Å². The Labute approximate surface area is 152 Å². The van der Waals surface area contributed by atoms with E-state index in [1.54, 1.807) is 0 Å². The first-order chi connectivity index (χ1) is 11.7. The fourth-order valence-corrected chi connectivity index (χ4v) is 1.97. The third-order valence-electron chi connectivity index (χ3n) is 2.68. The summed E-state index contributed by atoms with van der Waals surface area (Å²) in [4.78, 5) is 11.8. The zero-order valence-electron chi connectivity index (χ0n) is 12.2. The van der Waals surface area contributed by atoms with Crippen LogP contribution >= 0.6 is 27.5 Å². The highest BCUT2D eigenvalue weighted by Gasteiger charge is 2.30. The summed E-state index contributed by atoms with van der Waals surface area (Å²) in [6.45, 7) is 0. The zero-order chi connectivity index (χ0) is 18.6. The molecule has 0 aliphatic carbocycles. The van der Waals surface area contributed by atoms with Gasteiger partial charge in [0, 0.05) is 18.1 Å². The van der Waals surface area contributed by atoms with E-state index in [-0.39, 0.29) is 16.8 Å². The first kappa shape index (κ1) is 19.1. The SMILES string of the molecule is NC(=CC=Nc1nc(Nc2ccc(F)c(Cl)c2)ncc1Br)C(F)(F)F. The predicted octanol–water partition coefficient (Wildman–Crippen LogP) is 4.88. The Kier molecular flexibility index (Phi) is 5.96. The summed E-state index contributed by atoms with van der Waals surface area (Å²) in [5.74, 6) is -0.425. The lowest BCUT2D eigenvalue weighted by molar-refractivity contribution is -0.0925. The number of alkyl halides is 3. The number of hydrogen-bond acceptors (Lipinski definition) is 5. The molecule has 0 aliphatic rings. The highest BCUT2D eigenvalue weighted by Crippen LogP contribution is 2.26. The number of nitrogens with one attached hydrogen (secondary N) is 1. The molecule has 0 unspecified atom stereocenters. The first-order valence-corrected chi connectivity index (χ1v) is 7.65. The van der Waals surface area contributed by atoms with E-state index < -0.39 is 17.7 Å². The molecule has 0 amide bonds. The molecule has 132 valence electrons. The quantitative estimate of drug-likeness (QED) is 0.527. The molecule has 0 spiro atoms. The van der Waals surface area contributed by atoms with E-state index in [4.69, 9.17) is 17.3 Å². The normalized spacial score (nSPS) is 12.6. The van der Waals surface area contributed by atoms with E-state index in [2.05, 4.69) is 36.2 Å². The summed E-state index contributed by atoms with van der Waals surface area (Å²) in [5.41, 5.74) is 3.99. The zero-order valence-corrected chi connectivity index (χ0v) is 14.5. The van der Waals surface area contributed by atoms with Gasteiger partial charge in [-0.05, 0) is 40.2 Å². The summed E-state index contributed by atoms with van der Waals surface area (Å²) in [7, 11) is 0. The number of nitrogens with two attached hydrogens (primary N) is 1. The average Bonchev–Trinajstić information content (AvgIpc) is 2.53. The van der Waals surface area contributed by atoms with Crippen molar-refractivity contribution in [2.75, 3.05) is 5.32 Å². The minimum absolute atomic E-state index is 0.0666. The Bertz CT molecular complexity index is 838. The molecule has 0 atom stereocenters. The van der Waals surface area contributed by atoms with Crippen molar-refractivity contribution < 1.29 is 17.6 Å². The van der Waals surface area contributed by atoms with Crippen LogP contribution in [0, 0.1) is 5.82 Å². The summed E-state index contributed by atoms with van der Waals surface area (Å²) in [6.07, 6.45) is -1.80. The Hall–Kier alpha value is -2.20. The molecule has 0 bridgehead atoms. The van der Waals surface area contributed by atoms with Crippen molar-refractivity contribution in [1.82, 2.24) is 9.97 Å². The van der Waals surface area contributed by atoms with Crippen LogP contribution in [0.3, 0.4) is 0 Å². The van der Waals surface area contributed by atoms with Gasteiger partial charge in [-0.2, -0.15) is 18.2 Å². The Morgan fingerprint density at radius 3 is 2.72 bits per heavy atom. The van der Waals surface area contributed by atoms with Crippen LogP contribution in [0.5, 0.6) is 0 Å². The number of aromatic nitrogens is 2. The van der Waals surface area contributed by atoms with Gasteiger partial charge in [-0.15, -0.1) is 0 Å². The van der Waals surface area contributed by atoms with Gasteiger partial charge in [-0.25, -0.2) is 14.4 Å². The maximum absolute atomic E-state index is 13.1. The Balaban J connectivity index is 2.21. The van der Waals surface area contributed by atoms with Crippen LogP contribution in [0.15, 0.2) is 45.6 Å². The molecule has 0 saturated heterocycles. The van der Waals surface area contributed by atoms with Gasteiger partial charge in [0.25, 0.3) is 0 Å². The van der Waals surface area contributed by atoms with E-state index in [1.165, 1.54) is 18.3 Å². The smallest absolute Gasteiger partial charge is 0.395 e. The molecule has 2 rings (SSSR count). The number of aliphatic imine (C=N–C) groups is 1. The molecule has 3 N–H and O–H groups in total. The highest BCUT2D eigenvalue weighted by atomic mass is 79.9. The topological polar surface area (TPSA) is 76.2 Å². The van der Waals surface area contributed by atoms with Crippen LogP contribution in [-0.2, 0) is 0 Å². The summed E-state index contributed by atoms with van der Waals surface area (Å²) in [5, 5.41) is 2.69. The second-order valence-corrected chi connectivity index (χ2v) is 5.78. The van der Waals surface area contributed by atoms with Gasteiger partial charge in [-0.3, -0.25) is 0 Å². The lowest BCUT2D eigenvalue weighted by Gasteiger charge is -2.07. The van der Waals surface area contributed by atoms with Gasteiger partial charge >= 0.3 is 6.18 Å². The summed E-state index contributed by atoms with van der Waals surface area (Å²) < 4.78 is 50.3. The minimum atomic E-state index is -4.64. The number of rotatable bonds is 4. The number of anilines is 2. The summed E-state index contributed by atoms with van der Waals surface area (Å²) >= 11 is 8.81. The third-order valence-corrected chi connectivity index (χ3v) is 3.53. The molecule has 0 saturated carbocycles. The van der Waals surface area contributed by atoms with Crippen LogP contribution in [0.1, 0.15) is 0 Å². The van der Waals surface area contributed by atoms with Crippen molar-refractivity contribution in [3.05, 3.63) is 51.5 Å². The Morgan fingerprint density at radius 1 is 1.36 bits per heavy atom. The van der Waals surface area contributed by atoms with Gasteiger partial charge < -0.3 is 11.1 Å². The minimum Gasteiger partial charge on any atom is -0.395 e. The molecule has 1 aromatic heterocycles. The molecular formula is C14H9BrClF4N5. The van der Waals surface area contributed by atoms with Gasteiger partial charge in [0.05, 0.1) is 9.50 Å². The van der Waals surface area contributed by atoms with E-state index in [0.29, 0.717) is 16.2 Å². The number of allylic oxidation sites excluding steroid dienone is 2. The molecule has 5 nitrogen and oxygen atoms in total. The lowest BCUT2D eigenvalue weighted by atomic mass is 10.3. The van der Waals surface area contributed by atoms with Crippen LogP contribution < -0.4 is 11.1 Å². The second kappa shape index (κ2) is 7.79. The molecular weight excluding hydrogens is 430 g/mol. The molecule has 2 aromatic rings. The van der Waals surface area contributed by atoms with Crippen LogP contribution in [-0.4, -0.2) is 22.4 Å². The van der Waals surface area contributed by atoms with E-state index in [1.807, 2.05) is 0 Å². The van der Waals surface area contributed by atoms with Crippen molar-refractivity contribution >= 4 is 51.2 Å². The van der Waals surface area contributed by atoms with Gasteiger partial charge in [0.2, 0.25) is 5.95 Å². The molecule has 11 heteroatoms. The predicted molar refractivity (Wildman–Crippen MR) is 90.9 cm³/mol. The standard InChI is InChI=1S/C14H9BrClF4N5/c15-8-6-23-13(24-7-1-2-10(17)9(16)5-7)25-12(8)22-4-3-11(21)14(18,19)20/h1-6H,21H2,(H,23,24,25). The lowest BCUT2D eigenvalue weighted by Crippen LogP contribution is -2.19. The van der Waals surface area contributed by atoms with Crippen molar-refractivity contribution in [2.45, 2.75) is 6.18 Å². The first-order valence-electron chi connectivity index (χ1n) is 6.48. The molecule has 0 aliphatic heterocycles. The number of nitrogens with zero attached hydrogens (tertiary/aromatic N) is 3. The highest BCUT2D eigenvalue weighted by molar-refractivity contribution is 9.10. The average molecular weight is 439 g/mol. The van der Waals surface area contributed by atoms with E-state index >= 15 is 0 Å². The van der Waals surface area contributed by atoms with Crippen molar-refractivity contribution in [3.8, 4) is 0 Å². The summed E-state index contributed by atoms with van der Waals surface area (Å²) in [6, 6.07) is 3.91. The number of benzene rings is 1. The maximum Gasteiger partial charge on any atom is 0.430 e. The van der Waals surface area contributed by atoms with Gasteiger partial charge in [0.1, 0.15) is 11.5 Å². The van der Waals surface area contributed by atoms with Gasteiger partial charge in [0.15, 0.2) is 5.82 Å².